The van der Waals surface area contributed by atoms with Gasteiger partial charge in [0.2, 0.25) is 0 Å². The highest BCUT2D eigenvalue weighted by atomic mass is 15.1. The number of rotatable bonds is 5. The average molecular weight is 256 g/mol. The zero-order valence-corrected chi connectivity index (χ0v) is 11.6. The molecule has 19 heavy (non-hydrogen) atoms. The van der Waals surface area contributed by atoms with Crippen LogP contribution in [0.15, 0.2) is 43.5 Å². The minimum atomic E-state index is 0.371. The van der Waals surface area contributed by atoms with E-state index in [-0.39, 0.29) is 0 Å². The fourth-order valence-corrected chi connectivity index (χ4v) is 2.78. The summed E-state index contributed by atoms with van der Waals surface area (Å²) in [6.07, 6.45) is 7.96. The van der Waals surface area contributed by atoms with Crippen LogP contribution < -0.4 is 10.6 Å². The molecule has 102 valence electrons. The van der Waals surface area contributed by atoms with Crippen molar-refractivity contribution in [2.24, 2.45) is 5.73 Å². The Hall–Kier alpha value is -1.54. The summed E-state index contributed by atoms with van der Waals surface area (Å²) in [5.74, 6) is 0. The van der Waals surface area contributed by atoms with Gasteiger partial charge in [0.05, 0.1) is 0 Å². The van der Waals surface area contributed by atoms with Crippen molar-refractivity contribution in [3.8, 4) is 0 Å². The van der Waals surface area contributed by atoms with Crippen molar-refractivity contribution in [3.63, 3.8) is 0 Å². The first kappa shape index (κ1) is 13.9. The summed E-state index contributed by atoms with van der Waals surface area (Å²) in [5.41, 5.74) is 10.1. The second kappa shape index (κ2) is 6.58. The predicted octanol–water partition coefficient (Wildman–Crippen LogP) is 3.07. The van der Waals surface area contributed by atoms with Gasteiger partial charge in [-0.3, -0.25) is 0 Å². The topological polar surface area (TPSA) is 29.3 Å². The third-order valence-electron chi connectivity index (χ3n) is 3.84. The molecule has 0 saturated carbocycles. The molecule has 0 aliphatic carbocycles. The van der Waals surface area contributed by atoms with Gasteiger partial charge >= 0.3 is 0 Å². The van der Waals surface area contributed by atoms with E-state index >= 15 is 0 Å². The normalized spacial score (nSPS) is 16.4. The number of benzene rings is 1. The molecule has 2 heteroatoms. The Morgan fingerprint density at radius 3 is 2.47 bits per heavy atom. The monoisotopic (exact) mass is 256 g/mol. The molecular weight excluding hydrogens is 232 g/mol. The lowest BCUT2D eigenvalue weighted by molar-refractivity contribution is 0.500. The van der Waals surface area contributed by atoms with Gasteiger partial charge in [0, 0.05) is 24.8 Å². The van der Waals surface area contributed by atoms with E-state index < -0.39 is 0 Å². The maximum absolute atomic E-state index is 5.99. The van der Waals surface area contributed by atoms with Crippen molar-refractivity contribution in [2.75, 3.05) is 18.0 Å². The van der Waals surface area contributed by atoms with Crippen LogP contribution in [0.5, 0.6) is 0 Å². The van der Waals surface area contributed by atoms with Crippen LogP contribution in [0.3, 0.4) is 0 Å². The maximum atomic E-state index is 5.99. The van der Waals surface area contributed by atoms with Gasteiger partial charge in [-0.1, -0.05) is 24.3 Å². The standard InChI is InChI=1S/C17H24N2/c1-3-6-14-8-5-9-17(16(14)7-4-2)19-12-10-15(18)11-13-19/h3-5,8-9,15H,1-2,6-7,10-13,18H2. The zero-order chi connectivity index (χ0) is 13.7. The summed E-state index contributed by atoms with van der Waals surface area (Å²) in [5, 5.41) is 0. The molecule has 1 aliphatic rings. The minimum Gasteiger partial charge on any atom is -0.371 e. The SMILES string of the molecule is C=CCc1cccc(N2CCC(N)CC2)c1CC=C. The summed E-state index contributed by atoms with van der Waals surface area (Å²) in [4.78, 5) is 2.47. The lowest BCUT2D eigenvalue weighted by Crippen LogP contribution is -2.40. The van der Waals surface area contributed by atoms with Crippen LogP contribution in [-0.4, -0.2) is 19.1 Å². The number of allylic oxidation sites excluding steroid dienone is 2. The summed E-state index contributed by atoms with van der Waals surface area (Å²) >= 11 is 0. The number of hydrogen-bond donors (Lipinski definition) is 1. The quantitative estimate of drug-likeness (QED) is 0.820. The van der Waals surface area contributed by atoms with Crippen LogP contribution in [0.2, 0.25) is 0 Å². The van der Waals surface area contributed by atoms with Gasteiger partial charge in [0.25, 0.3) is 0 Å². The van der Waals surface area contributed by atoms with Gasteiger partial charge in [-0.05, 0) is 42.9 Å². The van der Waals surface area contributed by atoms with Crippen molar-refractivity contribution in [3.05, 3.63) is 54.6 Å². The van der Waals surface area contributed by atoms with Gasteiger partial charge in [-0.25, -0.2) is 0 Å². The Labute approximate surface area is 116 Å². The van der Waals surface area contributed by atoms with E-state index in [1.807, 2.05) is 12.2 Å². The van der Waals surface area contributed by atoms with Gasteiger partial charge in [0.1, 0.15) is 0 Å². The molecule has 0 aromatic heterocycles. The Balaban J connectivity index is 2.29. The zero-order valence-electron chi connectivity index (χ0n) is 11.6. The third kappa shape index (κ3) is 3.27. The minimum absolute atomic E-state index is 0.371. The van der Waals surface area contributed by atoms with E-state index in [0.717, 1.165) is 38.8 Å². The van der Waals surface area contributed by atoms with Crippen LogP contribution >= 0.6 is 0 Å². The fraction of sp³-hybridized carbons (Fsp3) is 0.412. The Kier molecular flexibility index (Phi) is 4.80. The molecule has 1 saturated heterocycles. The van der Waals surface area contributed by atoms with Crippen molar-refractivity contribution in [1.29, 1.82) is 0 Å². The lowest BCUT2D eigenvalue weighted by Gasteiger charge is -2.34. The molecule has 2 nitrogen and oxygen atoms in total. The van der Waals surface area contributed by atoms with Crippen LogP contribution in [0.25, 0.3) is 0 Å². The molecule has 0 amide bonds. The Bertz CT molecular complexity index is 443. The van der Waals surface area contributed by atoms with E-state index in [2.05, 4.69) is 36.3 Å². The van der Waals surface area contributed by atoms with Crippen molar-refractivity contribution >= 4 is 5.69 Å². The number of nitrogens with zero attached hydrogens (tertiary/aromatic N) is 1. The molecule has 0 atom stereocenters. The highest BCUT2D eigenvalue weighted by Gasteiger charge is 2.19. The summed E-state index contributed by atoms with van der Waals surface area (Å²) in [6, 6.07) is 6.94. The largest absolute Gasteiger partial charge is 0.371 e. The fourth-order valence-electron chi connectivity index (χ4n) is 2.78. The number of nitrogens with two attached hydrogens (primary N) is 1. The molecular formula is C17H24N2. The van der Waals surface area contributed by atoms with Crippen LogP contribution in [0, 0.1) is 0 Å². The number of hydrogen-bond acceptors (Lipinski definition) is 2. The molecule has 1 aromatic carbocycles. The van der Waals surface area contributed by atoms with Gasteiger partial charge < -0.3 is 10.6 Å². The van der Waals surface area contributed by atoms with E-state index in [0.29, 0.717) is 6.04 Å². The molecule has 2 N–H and O–H groups in total. The van der Waals surface area contributed by atoms with Crippen LogP contribution in [-0.2, 0) is 12.8 Å². The summed E-state index contributed by atoms with van der Waals surface area (Å²) < 4.78 is 0. The molecule has 1 aromatic rings. The van der Waals surface area contributed by atoms with E-state index in [1.54, 1.807) is 0 Å². The summed E-state index contributed by atoms with van der Waals surface area (Å²) in [6.45, 7) is 9.86. The molecule has 1 heterocycles. The Morgan fingerprint density at radius 1 is 1.16 bits per heavy atom. The third-order valence-corrected chi connectivity index (χ3v) is 3.84. The first-order chi connectivity index (χ1) is 9.26. The molecule has 0 bridgehead atoms. The maximum Gasteiger partial charge on any atom is 0.0404 e. The number of anilines is 1. The van der Waals surface area contributed by atoms with Crippen LogP contribution in [0.1, 0.15) is 24.0 Å². The van der Waals surface area contributed by atoms with Crippen molar-refractivity contribution < 1.29 is 0 Å². The van der Waals surface area contributed by atoms with Crippen molar-refractivity contribution in [2.45, 2.75) is 31.7 Å². The molecule has 0 spiro atoms. The molecule has 1 fully saturated rings. The second-order valence-electron chi connectivity index (χ2n) is 5.22. The second-order valence-corrected chi connectivity index (χ2v) is 5.22. The molecule has 2 rings (SSSR count). The molecule has 0 radical (unpaired) electrons. The van der Waals surface area contributed by atoms with Crippen LogP contribution in [0.4, 0.5) is 5.69 Å². The smallest absolute Gasteiger partial charge is 0.0404 e. The van der Waals surface area contributed by atoms with Gasteiger partial charge in [-0.2, -0.15) is 0 Å². The van der Waals surface area contributed by atoms with Gasteiger partial charge in [0.15, 0.2) is 0 Å². The highest BCUT2D eigenvalue weighted by molar-refractivity contribution is 5.58. The number of piperidine rings is 1. The van der Waals surface area contributed by atoms with E-state index in [1.165, 1.54) is 16.8 Å². The van der Waals surface area contributed by atoms with Crippen molar-refractivity contribution in [1.82, 2.24) is 0 Å². The van der Waals surface area contributed by atoms with E-state index in [4.69, 9.17) is 5.73 Å². The molecule has 0 unspecified atom stereocenters. The highest BCUT2D eigenvalue weighted by Crippen LogP contribution is 2.28. The Morgan fingerprint density at radius 2 is 1.84 bits per heavy atom. The lowest BCUT2D eigenvalue weighted by atomic mass is 9.97. The predicted molar refractivity (Wildman–Crippen MR) is 83.7 cm³/mol. The van der Waals surface area contributed by atoms with E-state index in [9.17, 15) is 0 Å². The molecule has 1 aliphatic heterocycles. The average Bonchev–Trinajstić information content (AvgIpc) is 2.42. The first-order valence-electron chi connectivity index (χ1n) is 7.09. The van der Waals surface area contributed by atoms with Gasteiger partial charge in [-0.15, -0.1) is 13.2 Å². The summed E-state index contributed by atoms with van der Waals surface area (Å²) in [7, 11) is 0. The first-order valence-corrected chi connectivity index (χ1v) is 7.09.